The summed E-state index contributed by atoms with van der Waals surface area (Å²) in [5, 5.41) is 2.60. The highest BCUT2D eigenvalue weighted by atomic mass is 16.2. The third kappa shape index (κ3) is 3.36. The largest absolute Gasteiger partial charge is 0.314 e. The summed E-state index contributed by atoms with van der Waals surface area (Å²) in [6.07, 6.45) is 3.80. The third-order valence-corrected chi connectivity index (χ3v) is 1.87. The first-order valence-corrected chi connectivity index (χ1v) is 4.62. The number of unbranched alkanes of at least 4 members (excludes halogenated alkanes) is 2. The van der Waals surface area contributed by atoms with Gasteiger partial charge >= 0.3 is 0 Å². The minimum Gasteiger partial charge on any atom is -0.314 e. The van der Waals surface area contributed by atoms with Crippen LogP contribution < -0.4 is 5.32 Å². The van der Waals surface area contributed by atoms with Crippen LogP contribution in [0.1, 0.15) is 39.0 Å². The van der Waals surface area contributed by atoms with Gasteiger partial charge < -0.3 is 5.32 Å². The molecule has 13 heavy (non-hydrogen) atoms. The van der Waals surface area contributed by atoms with Crippen molar-refractivity contribution < 1.29 is 9.59 Å². The molecule has 0 aromatic carbocycles. The van der Waals surface area contributed by atoms with Gasteiger partial charge in [-0.3, -0.25) is 9.59 Å². The Labute approximate surface area is 77.4 Å². The number of rotatable bonds is 4. The predicted molar refractivity (Wildman–Crippen MR) is 49.3 cm³/mol. The van der Waals surface area contributed by atoms with Gasteiger partial charge in [0, 0.05) is 6.42 Å². The second-order valence-electron chi connectivity index (χ2n) is 3.13. The van der Waals surface area contributed by atoms with E-state index in [9.17, 15) is 9.59 Å². The molecule has 0 fully saturated rings. The molecule has 0 saturated heterocycles. The second-order valence-corrected chi connectivity index (χ2v) is 3.13. The van der Waals surface area contributed by atoms with Crippen molar-refractivity contribution in [2.75, 3.05) is 0 Å². The van der Waals surface area contributed by atoms with Crippen LogP contribution in [0.2, 0.25) is 0 Å². The number of nitrogens with zero attached hydrogens (tertiary/aromatic N) is 1. The van der Waals surface area contributed by atoms with Crippen molar-refractivity contribution in [2.24, 2.45) is 4.99 Å². The Hall–Kier alpha value is -1.19. The fraction of sp³-hybridized carbons (Fsp3) is 0.667. The monoisotopic (exact) mass is 182 g/mol. The van der Waals surface area contributed by atoms with Crippen molar-refractivity contribution in [3.05, 3.63) is 0 Å². The summed E-state index contributed by atoms with van der Waals surface area (Å²) in [4.78, 5) is 25.5. The maximum Gasteiger partial charge on any atom is 0.256 e. The Morgan fingerprint density at radius 1 is 1.38 bits per heavy atom. The minimum absolute atomic E-state index is 0.0999. The third-order valence-electron chi connectivity index (χ3n) is 1.87. The first-order valence-electron chi connectivity index (χ1n) is 4.62. The van der Waals surface area contributed by atoms with E-state index in [1.54, 1.807) is 0 Å². The summed E-state index contributed by atoms with van der Waals surface area (Å²) in [5.41, 5.74) is 0. The van der Waals surface area contributed by atoms with E-state index in [1.165, 1.54) is 0 Å². The molecule has 1 rings (SSSR count). The van der Waals surface area contributed by atoms with E-state index in [4.69, 9.17) is 0 Å². The Balaban J connectivity index is 2.40. The number of hydrogen-bond donors (Lipinski definition) is 1. The molecule has 0 radical (unpaired) electrons. The van der Waals surface area contributed by atoms with E-state index >= 15 is 0 Å². The quantitative estimate of drug-likeness (QED) is 0.521. The molecule has 0 saturated carbocycles. The average Bonchev–Trinajstić information content (AvgIpc) is 2.03. The molecule has 0 aromatic heterocycles. The van der Waals surface area contributed by atoms with Gasteiger partial charge in [0.25, 0.3) is 5.91 Å². The number of amidine groups is 1. The summed E-state index contributed by atoms with van der Waals surface area (Å²) in [6, 6.07) is 0. The average molecular weight is 182 g/mol. The molecule has 1 aliphatic heterocycles. The normalized spacial score (nSPS) is 16.8. The fourth-order valence-electron chi connectivity index (χ4n) is 1.22. The highest BCUT2D eigenvalue weighted by Gasteiger charge is 2.17. The number of amides is 2. The molecule has 0 atom stereocenters. The van der Waals surface area contributed by atoms with Crippen LogP contribution in [0.5, 0.6) is 0 Å². The van der Waals surface area contributed by atoms with E-state index in [-0.39, 0.29) is 18.2 Å². The summed E-state index contributed by atoms with van der Waals surface area (Å²) >= 11 is 0. The zero-order chi connectivity index (χ0) is 9.68. The fourth-order valence-corrected chi connectivity index (χ4v) is 1.22. The van der Waals surface area contributed by atoms with Gasteiger partial charge in [0.15, 0.2) is 0 Å². The van der Waals surface area contributed by atoms with E-state index in [1.807, 2.05) is 0 Å². The molecule has 72 valence electrons. The number of nitrogens with one attached hydrogen (secondary N) is 1. The van der Waals surface area contributed by atoms with Crippen LogP contribution in [0.3, 0.4) is 0 Å². The Bertz CT molecular complexity index is 246. The lowest BCUT2D eigenvalue weighted by molar-refractivity contribution is -0.127. The molecule has 4 heteroatoms. The van der Waals surface area contributed by atoms with Gasteiger partial charge in [0.1, 0.15) is 12.3 Å². The number of carbonyl (C=O) groups is 2. The first kappa shape index (κ1) is 9.89. The van der Waals surface area contributed by atoms with Crippen LogP contribution in [-0.4, -0.2) is 17.6 Å². The molecule has 1 heterocycles. The molecule has 0 spiro atoms. The number of carbonyl (C=O) groups excluding carboxylic acids is 2. The Morgan fingerprint density at radius 3 is 2.77 bits per heavy atom. The lowest BCUT2D eigenvalue weighted by Gasteiger charge is -2.11. The van der Waals surface area contributed by atoms with E-state index in [0.717, 1.165) is 19.3 Å². The van der Waals surface area contributed by atoms with Gasteiger partial charge in [0.2, 0.25) is 5.91 Å². The van der Waals surface area contributed by atoms with Gasteiger partial charge in [-0.25, -0.2) is 0 Å². The van der Waals surface area contributed by atoms with Crippen LogP contribution >= 0.6 is 0 Å². The van der Waals surface area contributed by atoms with Gasteiger partial charge in [-0.2, -0.15) is 4.99 Å². The molecular weight excluding hydrogens is 168 g/mol. The summed E-state index contributed by atoms with van der Waals surface area (Å²) in [6.45, 7) is 2.10. The highest BCUT2D eigenvalue weighted by molar-refractivity contribution is 6.13. The van der Waals surface area contributed by atoms with Crippen molar-refractivity contribution >= 4 is 17.6 Å². The van der Waals surface area contributed by atoms with Crippen molar-refractivity contribution in [2.45, 2.75) is 39.0 Å². The standard InChI is InChI=1S/C9H14N2O2/c1-2-3-4-5-7-10-8(12)6-9(13)11-7/h2-6H2,1H3,(H,10,11,12,13). The molecular formula is C9H14N2O2. The number of hydrogen-bond acceptors (Lipinski definition) is 2. The van der Waals surface area contributed by atoms with Gasteiger partial charge in [0.05, 0.1) is 0 Å². The zero-order valence-corrected chi connectivity index (χ0v) is 7.80. The van der Waals surface area contributed by atoms with Crippen LogP contribution in [-0.2, 0) is 9.59 Å². The summed E-state index contributed by atoms with van der Waals surface area (Å²) < 4.78 is 0. The maximum atomic E-state index is 10.9. The van der Waals surface area contributed by atoms with Crippen molar-refractivity contribution in [3.8, 4) is 0 Å². The maximum absolute atomic E-state index is 10.9. The Kier molecular flexibility index (Phi) is 3.61. The summed E-state index contributed by atoms with van der Waals surface area (Å²) in [7, 11) is 0. The molecule has 0 aliphatic carbocycles. The molecule has 2 amide bonds. The van der Waals surface area contributed by atoms with E-state index in [2.05, 4.69) is 17.2 Å². The molecule has 1 N–H and O–H groups in total. The highest BCUT2D eigenvalue weighted by Crippen LogP contribution is 2.03. The van der Waals surface area contributed by atoms with Crippen LogP contribution in [0.15, 0.2) is 4.99 Å². The second kappa shape index (κ2) is 4.74. The van der Waals surface area contributed by atoms with Crippen LogP contribution in [0, 0.1) is 0 Å². The SMILES string of the molecule is CCCCCC1=NC(=O)CC(=O)N1. The minimum atomic E-state index is -0.324. The Morgan fingerprint density at radius 2 is 2.15 bits per heavy atom. The zero-order valence-electron chi connectivity index (χ0n) is 7.80. The summed E-state index contributed by atoms with van der Waals surface area (Å²) in [5.74, 6) is -0.0172. The van der Waals surface area contributed by atoms with E-state index in [0.29, 0.717) is 12.3 Å². The van der Waals surface area contributed by atoms with Gasteiger partial charge in [-0.15, -0.1) is 0 Å². The first-order chi connectivity index (χ1) is 6.22. The lowest BCUT2D eigenvalue weighted by atomic mass is 10.2. The van der Waals surface area contributed by atoms with Gasteiger partial charge in [-0.1, -0.05) is 19.8 Å². The topological polar surface area (TPSA) is 58.5 Å². The van der Waals surface area contributed by atoms with Crippen molar-refractivity contribution in [1.29, 1.82) is 0 Å². The van der Waals surface area contributed by atoms with Crippen molar-refractivity contribution in [1.82, 2.24) is 5.32 Å². The van der Waals surface area contributed by atoms with Crippen LogP contribution in [0.4, 0.5) is 0 Å². The molecule has 0 unspecified atom stereocenters. The van der Waals surface area contributed by atoms with Crippen molar-refractivity contribution in [3.63, 3.8) is 0 Å². The molecule has 4 nitrogen and oxygen atoms in total. The van der Waals surface area contributed by atoms with Crippen LogP contribution in [0.25, 0.3) is 0 Å². The molecule has 0 aromatic rings. The smallest absolute Gasteiger partial charge is 0.256 e. The molecule has 1 aliphatic rings. The van der Waals surface area contributed by atoms with Gasteiger partial charge in [-0.05, 0) is 6.42 Å². The lowest BCUT2D eigenvalue weighted by Crippen LogP contribution is -2.36. The molecule has 0 bridgehead atoms. The number of aliphatic imine (C=N–C) groups is 1. The van der Waals surface area contributed by atoms with E-state index < -0.39 is 0 Å². The predicted octanol–water partition coefficient (Wildman–Crippen LogP) is 1.01.